The Morgan fingerprint density at radius 1 is 1.69 bits per heavy atom. The normalized spacial score (nSPS) is 20.7. The number of hydrogen-bond acceptors (Lipinski definition) is 2. The second-order valence-electron chi connectivity index (χ2n) is 3.25. The molecule has 3 nitrogen and oxygen atoms in total. The lowest BCUT2D eigenvalue weighted by atomic mass is 9.94. The van der Waals surface area contributed by atoms with Gasteiger partial charge in [-0.05, 0) is 18.6 Å². The topological polar surface area (TPSA) is 42.0 Å². The van der Waals surface area contributed by atoms with Crippen LogP contribution in [0.2, 0.25) is 0 Å². The number of nitrogens with zero attached hydrogens (tertiary/aromatic N) is 1. The van der Waals surface area contributed by atoms with Crippen LogP contribution in [-0.4, -0.2) is 17.4 Å². The van der Waals surface area contributed by atoms with Crippen LogP contribution < -0.4 is 5.32 Å². The second-order valence-corrected chi connectivity index (χ2v) is 3.25. The predicted molar refractivity (Wildman–Crippen MR) is 49.6 cm³/mol. The van der Waals surface area contributed by atoms with Gasteiger partial charge in [0.2, 0.25) is 0 Å². The van der Waals surface area contributed by atoms with E-state index in [1.165, 1.54) is 0 Å². The lowest BCUT2D eigenvalue weighted by Gasteiger charge is -2.23. The van der Waals surface area contributed by atoms with Gasteiger partial charge in [-0.15, -0.1) is 0 Å². The summed E-state index contributed by atoms with van der Waals surface area (Å²) in [4.78, 5) is 15.7. The Morgan fingerprint density at radius 2 is 2.54 bits per heavy atom. The number of pyridine rings is 1. The number of fused-ring (bicyclic) bond motifs is 1. The van der Waals surface area contributed by atoms with E-state index < -0.39 is 0 Å². The Morgan fingerprint density at radius 3 is 3.31 bits per heavy atom. The van der Waals surface area contributed by atoms with Gasteiger partial charge in [-0.25, -0.2) is 0 Å². The zero-order valence-electron chi connectivity index (χ0n) is 7.58. The minimum atomic E-state index is 0.00722. The maximum absolute atomic E-state index is 11.4. The fraction of sp³-hybridized carbons (Fsp3) is 0.400. The van der Waals surface area contributed by atoms with Crippen LogP contribution in [0.25, 0.3) is 0 Å². The highest BCUT2D eigenvalue weighted by Gasteiger charge is 2.24. The molecule has 3 heteroatoms. The first-order chi connectivity index (χ1) is 6.33. The summed E-state index contributed by atoms with van der Waals surface area (Å²) < 4.78 is 0. The van der Waals surface area contributed by atoms with Crippen LogP contribution in [-0.2, 0) is 0 Å². The fourth-order valence-corrected chi connectivity index (χ4v) is 1.68. The van der Waals surface area contributed by atoms with Crippen molar-refractivity contribution in [1.29, 1.82) is 0 Å². The van der Waals surface area contributed by atoms with Gasteiger partial charge in [-0.1, -0.05) is 6.92 Å². The molecule has 2 heterocycles. The van der Waals surface area contributed by atoms with Crippen molar-refractivity contribution in [2.75, 3.05) is 6.54 Å². The lowest BCUT2D eigenvalue weighted by Crippen LogP contribution is -2.35. The molecule has 0 bridgehead atoms. The molecule has 0 radical (unpaired) electrons. The zero-order chi connectivity index (χ0) is 9.26. The smallest absolute Gasteiger partial charge is 0.253 e. The van der Waals surface area contributed by atoms with Crippen LogP contribution >= 0.6 is 0 Å². The van der Waals surface area contributed by atoms with Crippen LogP contribution in [0.5, 0.6) is 0 Å². The molecule has 0 saturated carbocycles. The molecule has 68 valence electrons. The van der Waals surface area contributed by atoms with Crippen molar-refractivity contribution < 1.29 is 4.79 Å². The van der Waals surface area contributed by atoms with Gasteiger partial charge in [0.1, 0.15) is 0 Å². The van der Waals surface area contributed by atoms with Gasteiger partial charge in [0.15, 0.2) is 0 Å². The Balaban J connectivity index is 2.47. The molecule has 1 amide bonds. The van der Waals surface area contributed by atoms with Gasteiger partial charge in [0.05, 0.1) is 11.3 Å². The van der Waals surface area contributed by atoms with Crippen LogP contribution in [0, 0.1) is 0 Å². The molecule has 1 N–H and O–H groups in total. The molecule has 0 aliphatic carbocycles. The van der Waals surface area contributed by atoms with E-state index in [-0.39, 0.29) is 5.91 Å². The quantitative estimate of drug-likeness (QED) is 0.701. The molecule has 1 aromatic rings. The molecule has 1 aliphatic rings. The molecule has 1 aliphatic heterocycles. The molecule has 0 aromatic carbocycles. The van der Waals surface area contributed by atoms with E-state index in [4.69, 9.17) is 0 Å². The van der Waals surface area contributed by atoms with Crippen molar-refractivity contribution in [3.8, 4) is 0 Å². The number of nitrogens with one attached hydrogen (secondary N) is 1. The number of carbonyl (C=O) groups excluding carboxylic acids is 1. The molecule has 13 heavy (non-hydrogen) atoms. The lowest BCUT2D eigenvalue weighted by molar-refractivity contribution is 0.0938. The summed E-state index contributed by atoms with van der Waals surface area (Å²) in [5.41, 5.74) is 1.69. The molecule has 2 rings (SSSR count). The third-order valence-electron chi connectivity index (χ3n) is 2.47. The standard InChI is InChI=1S/C10H12N2O/c1-2-7-6-12-10(13)8-4-3-5-11-9(7)8/h3-5,7H,2,6H2,1H3,(H,12,13). The van der Waals surface area contributed by atoms with Gasteiger partial charge < -0.3 is 5.32 Å². The molecule has 1 atom stereocenters. The van der Waals surface area contributed by atoms with E-state index in [1.807, 2.05) is 6.07 Å². The molecule has 0 saturated heterocycles. The molecular formula is C10H12N2O. The van der Waals surface area contributed by atoms with Gasteiger partial charge in [0, 0.05) is 18.7 Å². The summed E-state index contributed by atoms with van der Waals surface area (Å²) in [6.07, 6.45) is 2.77. The van der Waals surface area contributed by atoms with Crippen LogP contribution in [0.15, 0.2) is 18.3 Å². The van der Waals surface area contributed by atoms with E-state index >= 15 is 0 Å². The van der Waals surface area contributed by atoms with Crippen molar-refractivity contribution in [3.63, 3.8) is 0 Å². The van der Waals surface area contributed by atoms with Gasteiger partial charge in [0.25, 0.3) is 5.91 Å². The summed E-state index contributed by atoms with van der Waals surface area (Å²) in [5, 5.41) is 2.86. The highest BCUT2D eigenvalue weighted by Crippen LogP contribution is 2.23. The van der Waals surface area contributed by atoms with Gasteiger partial charge in [-0.3, -0.25) is 9.78 Å². The highest BCUT2D eigenvalue weighted by molar-refractivity contribution is 5.96. The molecule has 0 fully saturated rings. The van der Waals surface area contributed by atoms with E-state index in [0.717, 1.165) is 24.2 Å². The highest BCUT2D eigenvalue weighted by atomic mass is 16.1. The van der Waals surface area contributed by atoms with Gasteiger partial charge >= 0.3 is 0 Å². The number of carbonyl (C=O) groups is 1. The number of rotatable bonds is 1. The summed E-state index contributed by atoms with van der Waals surface area (Å²) in [6, 6.07) is 3.63. The third kappa shape index (κ3) is 1.30. The average molecular weight is 176 g/mol. The maximum atomic E-state index is 11.4. The van der Waals surface area contributed by atoms with Crippen LogP contribution in [0.3, 0.4) is 0 Å². The molecule has 1 unspecified atom stereocenters. The summed E-state index contributed by atoms with van der Waals surface area (Å²) in [6.45, 7) is 2.83. The second kappa shape index (κ2) is 3.17. The Bertz CT molecular complexity index is 335. The van der Waals surface area contributed by atoms with E-state index in [0.29, 0.717) is 5.92 Å². The predicted octanol–water partition coefficient (Wildman–Crippen LogP) is 1.32. The zero-order valence-corrected chi connectivity index (χ0v) is 7.58. The molecule has 1 aromatic heterocycles. The molecule has 0 spiro atoms. The summed E-state index contributed by atoms with van der Waals surface area (Å²) >= 11 is 0. The summed E-state index contributed by atoms with van der Waals surface area (Å²) in [7, 11) is 0. The van der Waals surface area contributed by atoms with E-state index in [9.17, 15) is 4.79 Å². The molecular weight excluding hydrogens is 164 g/mol. The van der Waals surface area contributed by atoms with Crippen molar-refractivity contribution >= 4 is 5.91 Å². The third-order valence-corrected chi connectivity index (χ3v) is 2.47. The summed E-state index contributed by atoms with van der Waals surface area (Å²) in [5.74, 6) is 0.390. The SMILES string of the molecule is CCC1CNC(=O)c2cccnc21. The van der Waals surface area contributed by atoms with Gasteiger partial charge in [-0.2, -0.15) is 0 Å². The Labute approximate surface area is 77.2 Å². The fourth-order valence-electron chi connectivity index (χ4n) is 1.68. The van der Waals surface area contributed by atoms with Crippen LogP contribution in [0.1, 0.15) is 35.3 Å². The maximum Gasteiger partial charge on any atom is 0.253 e. The monoisotopic (exact) mass is 176 g/mol. The van der Waals surface area contributed by atoms with E-state index in [1.54, 1.807) is 12.3 Å². The Hall–Kier alpha value is -1.38. The van der Waals surface area contributed by atoms with E-state index in [2.05, 4.69) is 17.2 Å². The number of hydrogen-bond donors (Lipinski definition) is 1. The first-order valence-corrected chi connectivity index (χ1v) is 4.56. The number of aromatic nitrogens is 1. The average Bonchev–Trinajstić information content (AvgIpc) is 2.19. The first kappa shape index (κ1) is 8.23. The minimum absolute atomic E-state index is 0.00722. The van der Waals surface area contributed by atoms with Crippen molar-refractivity contribution in [3.05, 3.63) is 29.6 Å². The van der Waals surface area contributed by atoms with Crippen molar-refractivity contribution in [2.45, 2.75) is 19.3 Å². The Kier molecular flexibility index (Phi) is 2.00. The largest absolute Gasteiger partial charge is 0.351 e. The minimum Gasteiger partial charge on any atom is -0.351 e. The van der Waals surface area contributed by atoms with Crippen LogP contribution in [0.4, 0.5) is 0 Å². The van der Waals surface area contributed by atoms with Crippen molar-refractivity contribution in [2.24, 2.45) is 0 Å². The van der Waals surface area contributed by atoms with Crippen molar-refractivity contribution in [1.82, 2.24) is 10.3 Å². The number of amides is 1. The first-order valence-electron chi connectivity index (χ1n) is 4.56.